The molecule has 1 atom stereocenters. The molecule has 0 aliphatic carbocycles. The van der Waals surface area contributed by atoms with Gasteiger partial charge in [0, 0.05) is 13.1 Å². The van der Waals surface area contributed by atoms with E-state index in [2.05, 4.69) is 11.6 Å². The van der Waals surface area contributed by atoms with Crippen molar-refractivity contribution in [3.8, 4) is 0 Å². The van der Waals surface area contributed by atoms with Crippen molar-refractivity contribution in [3.63, 3.8) is 0 Å². The lowest BCUT2D eigenvalue weighted by molar-refractivity contribution is -0.134. The second-order valence-corrected chi connectivity index (χ2v) is 8.90. The van der Waals surface area contributed by atoms with E-state index in [9.17, 15) is 13.2 Å². The molecule has 0 unspecified atom stereocenters. The molecule has 27 heavy (non-hydrogen) atoms. The fourth-order valence-corrected chi connectivity index (χ4v) is 4.54. The van der Waals surface area contributed by atoms with Gasteiger partial charge < -0.3 is 4.90 Å². The number of likely N-dealkylation sites (tertiary alicyclic amines) is 1. The van der Waals surface area contributed by atoms with Crippen LogP contribution in [0, 0.1) is 5.92 Å². The Hall–Kier alpha value is -2.18. The molecule has 1 saturated heterocycles. The van der Waals surface area contributed by atoms with Gasteiger partial charge >= 0.3 is 0 Å². The van der Waals surface area contributed by atoms with Gasteiger partial charge in [-0.2, -0.15) is 4.72 Å². The lowest BCUT2D eigenvalue weighted by Gasteiger charge is -2.33. The number of sulfonamides is 1. The van der Waals surface area contributed by atoms with E-state index in [1.54, 1.807) is 23.1 Å². The third kappa shape index (κ3) is 5.17. The van der Waals surface area contributed by atoms with E-state index >= 15 is 0 Å². The maximum atomic E-state index is 13.1. The number of piperidine rings is 1. The van der Waals surface area contributed by atoms with Crippen LogP contribution in [0.3, 0.4) is 0 Å². The van der Waals surface area contributed by atoms with Gasteiger partial charge in [-0.3, -0.25) is 4.79 Å². The summed E-state index contributed by atoms with van der Waals surface area (Å²) in [4.78, 5) is 15.1. The lowest BCUT2D eigenvalue weighted by atomic mass is 9.98. The van der Waals surface area contributed by atoms with E-state index in [4.69, 9.17) is 0 Å². The first-order valence-electron chi connectivity index (χ1n) is 9.36. The molecule has 1 heterocycles. The summed E-state index contributed by atoms with van der Waals surface area (Å²) in [7, 11) is -3.77. The fourth-order valence-electron chi connectivity index (χ4n) is 3.33. The summed E-state index contributed by atoms with van der Waals surface area (Å²) in [6.45, 7) is 3.54. The highest BCUT2D eigenvalue weighted by Gasteiger charge is 2.31. The monoisotopic (exact) mass is 386 g/mol. The van der Waals surface area contributed by atoms with Crippen molar-refractivity contribution >= 4 is 15.9 Å². The third-order valence-corrected chi connectivity index (χ3v) is 6.51. The molecule has 144 valence electrons. The molecule has 0 saturated carbocycles. The van der Waals surface area contributed by atoms with Crippen LogP contribution in [0.5, 0.6) is 0 Å². The number of rotatable bonds is 6. The van der Waals surface area contributed by atoms with Crippen molar-refractivity contribution in [2.45, 2.75) is 37.1 Å². The average molecular weight is 387 g/mol. The van der Waals surface area contributed by atoms with Crippen LogP contribution in [0.25, 0.3) is 0 Å². The predicted octanol–water partition coefficient (Wildman–Crippen LogP) is 2.83. The number of nitrogens with one attached hydrogen (secondary N) is 1. The van der Waals surface area contributed by atoms with E-state index in [0.29, 0.717) is 25.4 Å². The fraction of sp³-hybridized carbons (Fsp3) is 0.381. The van der Waals surface area contributed by atoms with E-state index in [0.717, 1.165) is 18.4 Å². The van der Waals surface area contributed by atoms with Gasteiger partial charge in [-0.05, 0) is 42.9 Å². The molecule has 3 rings (SSSR count). The summed E-state index contributed by atoms with van der Waals surface area (Å²) >= 11 is 0. The van der Waals surface area contributed by atoms with Crippen LogP contribution >= 0.6 is 0 Å². The molecule has 0 spiro atoms. The summed E-state index contributed by atoms with van der Waals surface area (Å²) in [6.07, 6.45) is 2.24. The first-order valence-corrected chi connectivity index (χ1v) is 10.8. The molecule has 0 bridgehead atoms. The Balaban J connectivity index is 1.82. The molecular formula is C21H26N2O3S. The van der Waals surface area contributed by atoms with Gasteiger partial charge in [-0.15, -0.1) is 0 Å². The Morgan fingerprint density at radius 1 is 1.04 bits per heavy atom. The molecule has 1 N–H and O–H groups in total. The van der Waals surface area contributed by atoms with Crippen molar-refractivity contribution in [1.82, 2.24) is 9.62 Å². The zero-order valence-corrected chi connectivity index (χ0v) is 16.4. The van der Waals surface area contributed by atoms with E-state index < -0.39 is 16.1 Å². The summed E-state index contributed by atoms with van der Waals surface area (Å²) < 4.78 is 28.2. The minimum atomic E-state index is -3.77. The van der Waals surface area contributed by atoms with Crippen molar-refractivity contribution in [1.29, 1.82) is 0 Å². The smallest absolute Gasteiger partial charge is 0.241 e. The van der Waals surface area contributed by atoms with Gasteiger partial charge in [-0.25, -0.2) is 8.42 Å². The lowest BCUT2D eigenvalue weighted by Crippen LogP contribution is -2.51. The molecular weight excluding hydrogens is 360 g/mol. The largest absolute Gasteiger partial charge is 0.341 e. The number of benzene rings is 2. The van der Waals surface area contributed by atoms with E-state index in [1.807, 2.05) is 30.3 Å². The predicted molar refractivity (Wildman–Crippen MR) is 106 cm³/mol. The van der Waals surface area contributed by atoms with E-state index in [1.165, 1.54) is 12.1 Å². The molecule has 0 aromatic heterocycles. The molecule has 2 aromatic rings. The molecule has 1 aliphatic heterocycles. The molecule has 5 nitrogen and oxygen atoms in total. The van der Waals surface area contributed by atoms with Crippen LogP contribution in [0.15, 0.2) is 65.6 Å². The van der Waals surface area contributed by atoms with Gasteiger partial charge in [0.25, 0.3) is 0 Å². The van der Waals surface area contributed by atoms with Crippen LogP contribution in [-0.2, 0) is 21.2 Å². The van der Waals surface area contributed by atoms with Crippen molar-refractivity contribution in [2.24, 2.45) is 5.92 Å². The van der Waals surface area contributed by atoms with E-state index in [-0.39, 0.29) is 10.8 Å². The number of amides is 1. The van der Waals surface area contributed by atoms with Crippen LogP contribution in [0.1, 0.15) is 25.3 Å². The Morgan fingerprint density at radius 2 is 1.59 bits per heavy atom. The average Bonchev–Trinajstić information content (AvgIpc) is 2.69. The quantitative estimate of drug-likeness (QED) is 0.830. The third-order valence-electron chi connectivity index (χ3n) is 5.03. The molecule has 1 fully saturated rings. The standard InChI is InChI=1S/C21H26N2O3S/c1-17-12-14-23(15-13-17)21(24)20(16-18-8-4-2-5-9-18)22-27(25,26)19-10-6-3-7-11-19/h2-11,17,20,22H,12-16H2,1H3/t20-/m1/s1. The maximum absolute atomic E-state index is 13.1. The number of hydrogen-bond donors (Lipinski definition) is 1. The van der Waals surface area contributed by atoms with Gasteiger partial charge in [0.05, 0.1) is 4.90 Å². The molecule has 2 aromatic carbocycles. The zero-order valence-electron chi connectivity index (χ0n) is 15.5. The highest BCUT2D eigenvalue weighted by Crippen LogP contribution is 2.18. The summed E-state index contributed by atoms with van der Waals surface area (Å²) in [5, 5.41) is 0. The normalized spacial score (nSPS) is 16.9. The van der Waals surface area contributed by atoms with Crippen molar-refractivity contribution in [3.05, 3.63) is 66.2 Å². The molecule has 1 amide bonds. The zero-order chi connectivity index (χ0) is 19.3. The first-order chi connectivity index (χ1) is 13.0. The second kappa shape index (κ2) is 8.67. The van der Waals surface area contributed by atoms with Crippen LogP contribution in [0.4, 0.5) is 0 Å². The number of carbonyl (C=O) groups excluding carboxylic acids is 1. The van der Waals surface area contributed by atoms with Gasteiger partial charge in [0.1, 0.15) is 6.04 Å². The maximum Gasteiger partial charge on any atom is 0.241 e. The van der Waals surface area contributed by atoms with Gasteiger partial charge in [0.15, 0.2) is 0 Å². The number of nitrogens with zero attached hydrogens (tertiary/aromatic N) is 1. The minimum Gasteiger partial charge on any atom is -0.341 e. The van der Waals surface area contributed by atoms with Gasteiger partial charge in [0.2, 0.25) is 15.9 Å². The Labute approximate surface area is 161 Å². The van der Waals surface area contributed by atoms with Crippen LogP contribution in [-0.4, -0.2) is 38.4 Å². The number of hydrogen-bond acceptors (Lipinski definition) is 3. The highest BCUT2D eigenvalue weighted by atomic mass is 32.2. The summed E-state index contributed by atoms with van der Waals surface area (Å²) in [6, 6.07) is 16.9. The Kier molecular flexibility index (Phi) is 6.29. The van der Waals surface area contributed by atoms with Crippen molar-refractivity contribution < 1.29 is 13.2 Å². The highest BCUT2D eigenvalue weighted by molar-refractivity contribution is 7.89. The van der Waals surface area contributed by atoms with Crippen molar-refractivity contribution in [2.75, 3.05) is 13.1 Å². The molecule has 0 radical (unpaired) electrons. The SMILES string of the molecule is CC1CCN(C(=O)[C@@H](Cc2ccccc2)NS(=O)(=O)c2ccccc2)CC1. The molecule has 6 heteroatoms. The minimum absolute atomic E-state index is 0.148. The van der Waals surface area contributed by atoms with Gasteiger partial charge in [-0.1, -0.05) is 55.5 Å². The van der Waals surface area contributed by atoms with Crippen LogP contribution < -0.4 is 4.72 Å². The second-order valence-electron chi connectivity index (χ2n) is 7.18. The first kappa shape index (κ1) is 19.6. The topological polar surface area (TPSA) is 66.5 Å². The summed E-state index contributed by atoms with van der Waals surface area (Å²) in [5.74, 6) is 0.452. The Bertz CT molecular complexity index is 846. The summed E-state index contributed by atoms with van der Waals surface area (Å²) in [5.41, 5.74) is 0.928. The number of carbonyl (C=O) groups is 1. The Morgan fingerprint density at radius 3 is 2.19 bits per heavy atom. The molecule has 1 aliphatic rings. The van der Waals surface area contributed by atoms with Crippen LogP contribution in [0.2, 0.25) is 0 Å².